The van der Waals surface area contributed by atoms with Crippen molar-refractivity contribution in [3.05, 3.63) is 75.6 Å². The van der Waals surface area contributed by atoms with Gasteiger partial charge in [0.15, 0.2) is 0 Å². The van der Waals surface area contributed by atoms with E-state index in [2.05, 4.69) is 4.72 Å². The summed E-state index contributed by atoms with van der Waals surface area (Å²) >= 11 is 0. The van der Waals surface area contributed by atoms with Gasteiger partial charge in [0.1, 0.15) is 5.58 Å². The topological polar surface area (TPSA) is 76.4 Å². The summed E-state index contributed by atoms with van der Waals surface area (Å²) in [6, 6.07) is 13.7. The number of benzene rings is 2. The molecule has 0 amide bonds. The Hall–Kier alpha value is -2.60. The summed E-state index contributed by atoms with van der Waals surface area (Å²) in [6.07, 6.45) is 0. The Bertz CT molecular complexity index is 1070. The van der Waals surface area contributed by atoms with Crippen LogP contribution in [-0.4, -0.2) is 8.42 Å². The van der Waals surface area contributed by atoms with Gasteiger partial charge in [-0.2, -0.15) is 0 Å². The zero-order chi connectivity index (χ0) is 17.3. The molecule has 5 nitrogen and oxygen atoms in total. The van der Waals surface area contributed by atoms with Crippen LogP contribution in [0.2, 0.25) is 0 Å². The highest BCUT2D eigenvalue weighted by molar-refractivity contribution is 7.91. The second kappa shape index (κ2) is 6.13. The van der Waals surface area contributed by atoms with Crippen molar-refractivity contribution < 1.29 is 12.8 Å². The van der Waals surface area contributed by atoms with Crippen molar-refractivity contribution in [2.45, 2.75) is 19.6 Å². The van der Waals surface area contributed by atoms with Gasteiger partial charge in [0.2, 0.25) is 10.0 Å². The first-order valence-electron chi connectivity index (χ1n) is 7.43. The van der Waals surface area contributed by atoms with Crippen LogP contribution in [0.15, 0.2) is 57.7 Å². The summed E-state index contributed by atoms with van der Waals surface area (Å²) in [7, 11) is -3.57. The van der Waals surface area contributed by atoms with Crippen molar-refractivity contribution in [1.82, 2.24) is 0 Å². The van der Waals surface area contributed by atoms with Crippen LogP contribution in [0.4, 0.5) is 5.69 Å². The molecule has 24 heavy (non-hydrogen) atoms. The third kappa shape index (κ3) is 3.49. The molecule has 0 unspecified atom stereocenters. The van der Waals surface area contributed by atoms with Gasteiger partial charge in [-0.05, 0) is 42.7 Å². The Labute approximate surface area is 140 Å². The highest BCUT2D eigenvalue weighted by Crippen LogP contribution is 2.22. The van der Waals surface area contributed by atoms with Crippen molar-refractivity contribution in [1.29, 1.82) is 0 Å². The van der Waals surface area contributed by atoms with Crippen molar-refractivity contribution in [3.63, 3.8) is 0 Å². The predicted octanol–water partition coefficient (Wildman–Crippen LogP) is 3.35. The van der Waals surface area contributed by atoms with Crippen LogP contribution in [0.5, 0.6) is 0 Å². The maximum absolute atomic E-state index is 12.4. The molecule has 1 heterocycles. The molecular weight excluding hydrogens is 326 g/mol. The van der Waals surface area contributed by atoms with E-state index in [-0.39, 0.29) is 5.75 Å². The van der Waals surface area contributed by atoms with E-state index in [0.717, 1.165) is 22.1 Å². The van der Waals surface area contributed by atoms with Gasteiger partial charge in [0.05, 0.1) is 11.4 Å². The third-order valence-electron chi connectivity index (χ3n) is 3.83. The molecule has 0 radical (unpaired) electrons. The first-order chi connectivity index (χ1) is 11.3. The van der Waals surface area contributed by atoms with E-state index in [1.165, 1.54) is 12.1 Å². The SMILES string of the molecule is Cc1ccccc1CS(=O)(=O)Nc1ccc2c(C)cc(=O)oc2c1. The molecule has 124 valence electrons. The Kier molecular flexibility index (Phi) is 4.15. The normalized spacial score (nSPS) is 11.6. The molecule has 1 aromatic heterocycles. The summed E-state index contributed by atoms with van der Waals surface area (Å²) in [6.45, 7) is 3.68. The predicted molar refractivity (Wildman–Crippen MR) is 94.6 cm³/mol. The first kappa shape index (κ1) is 16.3. The molecule has 3 aromatic rings. The standard InChI is InChI=1S/C18H17NO4S/c1-12-5-3-4-6-14(12)11-24(21,22)19-15-7-8-16-13(2)9-18(20)23-17(16)10-15/h3-10,19H,11H2,1-2H3. The molecule has 0 aliphatic heterocycles. The van der Waals surface area contributed by atoms with Crippen LogP contribution in [0.3, 0.4) is 0 Å². The zero-order valence-electron chi connectivity index (χ0n) is 13.4. The molecule has 1 N–H and O–H groups in total. The van der Waals surface area contributed by atoms with Gasteiger partial charge in [0, 0.05) is 17.5 Å². The summed E-state index contributed by atoms with van der Waals surface area (Å²) in [5, 5.41) is 0.774. The first-order valence-corrected chi connectivity index (χ1v) is 9.09. The second-order valence-corrected chi connectivity index (χ2v) is 7.47. The van der Waals surface area contributed by atoms with Crippen molar-refractivity contribution in [2.75, 3.05) is 4.72 Å². The fourth-order valence-electron chi connectivity index (χ4n) is 2.58. The number of hydrogen-bond donors (Lipinski definition) is 1. The molecule has 0 bridgehead atoms. The molecule has 0 aliphatic carbocycles. The molecule has 0 spiro atoms. The molecule has 2 aromatic carbocycles. The fraction of sp³-hybridized carbons (Fsp3) is 0.167. The van der Waals surface area contributed by atoms with Crippen molar-refractivity contribution >= 4 is 26.7 Å². The van der Waals surface area contributed by atoms with Gasteiger partial charge in [-0.15, -0.1) is 0 Å². The van der Waals surface area contributed by atoms with Crippen LogP contribution < -0.4 is 10.3 Å². The van der Waals surface area contributed by atoms with Crippen LogP contribution in [0.1, 0.15) is 16.7 Å². The lowest BCUT2D eigenvalue weighted by Gasteiger charge is -2.10. The Balaban J connectivity index is 1.91. The van der Waals surface area contributed by atoms with E-state index >= 15 is 0 Å². The van der Waals surface area contributed by atoms with E-state index in [1.54, 1.807) is 25.1 Å². The van der Waals surface area contributed by atoms with Gasteiger partial charge in [0.25, 0.3) is 0 Å². The summed E-state index contributed by atoms with van der Waals surface area (Å²) in [5.74, 6) is -0.116. The van der Waals surface area contributed by atoms with E-state index in [4.69, 9.17) is 4.42 Å². The molecule has 6 heteroatoms. The molecule has 0 saturated carbocycles. The number of fused-ring (bicyclic) bond motifs is 1. The largest absolute Gasteiger partial charge is 0.423 e. The number of rotatable bonds is 4. The number of nitrogens with one attached hydrogen (secondary N) is 1. The third-order valence-corrected chi connectivity index (χ3v) is 5.07. The molecular formula is C18H17NO4S. The number of aryl methyl sites for hydroxylation is 2. The van der Waals surface area contributed by atoms with Gasteiger partial charge in [-0.3, -0.25) is 4.72 Å². The molecule has 0 fully saturated rings. The molecule has 0 atom stereocenters. The minimum Gasteiger partial charge on any atom is -0.423 e. The fourth-order valence-corrected chi connectivity index (χ4v) is 3.87. The Morgan fingerprint density at radius 1 is 1.00 bits per heavy atom. The lowest BCUT2D eigenvalue weighted by Crippen LogP contribution is -2.15. The minimum absolute atomic E-state index is 0.116. The zero-order valence-corrected chi connectivity index (χ0v) is 14.2. The van der Waals surface area contributed by atoms with Crippen LogP contribution in [-0.2, 0) is 15.8 Å². The van der Waals surface area contributed by atoms with E-state index in [1.807, 2.05) is 25.1 Å². The van der Waals surface area contributed by atoms with Crippen molar-refractivity contribution in [2.24, 2.45) is 0 Å². The lowest BCUT2D eigenvalue weighted by atomic mass is 10.1. The summed E-state index contributed by atoms with van der Waals surface area (Å²) in [5.41, 5.74) is 2.72. The Morgan fingerprint density at radius 2 is 1.75 bits per heavy atom. The van der Waals surface area contributed by atoms with Crippen molar-refractivity contribution in [3.8, 4) is 0 Å². The highest BCUT2D eigenvalue weighted by Gasteiger charge is 2.14. The number of hydrogen-bond acceptors (Lipinski definition) is 4. The smallest absolute Gasteiger partial charge is 0.336 e. The maximum atomic E-state index is 12.4. The average molecular weight is 343 g/mol. The van der Waals surface area contributed by atoms with Gasteiger partial charge in [-0.25, -0.2) is 13.2 Å². The minimum atomic E-state index is -3.57. The summed E-state index contributed by atoms with van der Waals surface area (Å²) in [4.78, 5) is 11.5. The number of sulfonamides is 1. The van der Waals surface area contributed by atoms with Crippen LogP contribution in [0, 0.1) is 13.8 Å². The van der Waals surface area contributed by atoms with Gasteiger partial charge in [-0.1, -0.05) is 24.3 Å². The highest BCUT2D eigenvalue weighted by atomic mass is 32.2. The maximum Gasteiger partial charge on any atom is 0.336 e. The Morgan fingerprint density at radius 3 is 2.50 bits per heavy atom. The number of anilines is 1. The second-order valence-electron chi connectivity index (χ2n) is 5.75. The molecule has 3 rings (SSSR count). The van der Waals surface area contributed by atoms with Crippen LogP contribution in [0.25, 0.3) is 11.0 Å². The lowest BCUT2D eigenvalue weighted by molar-refractivity contribution is 0.560. The molecule has 0 aliphatic rings. The van der Waals surface area contributed by atoms with Gasteiger partial charge < -0.3 is 4.42 Å². The molecule has 0 saturated heterocycles. The summed E-state index contributed by atoms with van der Waals surface area (Å²) < 4.78 is 32.5. The van der Waals surface area contributed by atoms with Gasteiger partial charge >= 0.3 is 5.63 Å². The quantitative estimate of drug-likeness (QED) is 0.737. The average Bonchev–Trinajstić information content (AvgIpc) is 2.48. The van der Waals surface area contributed by atoms with E-state index in [9.17, 15) is 13.2 Å². The van der Waals surface area contributed by atoms with Crippen LogP contribution >= 0.6 is 0 Å². The van der Waals surface area contributed by atoms with E-state index in [0.29, 0.717) is 11.3 Å². The van der Waals surface area contributed by atoms with E-state index < -0.39 is 15.6 Å². The monoisotopic (exact) mass is 343 g/mol.